The number of ketones is 2. The molecule has 3 atom stereocenters. The third kappa shape index (κ3) is 4.13. The molecule has 1 aliphatic heterocycles. The molecule has 3 aromatic carbocycles. The Morgan fingerprint density at radius 2 is 1.61 bits per heavy atom. The number of nitrogens with one attached hydrogen (secondary N) is 1. The summed E-state index contributed by atoms with van der Waals surface area (Å²) in [6.45, 7) is 0.377. The fourth-order valence-electron chi connectivity index (χ4n) is 6.44. The van der Waals surface area contributed by atoms with Crippen molar-refractivity contribution in [3.63, 3.8) is 0 Å². The maximum atomic E-state index is 14.5. The predicted octanol–water partition coefficient (Wildman–Crippen LogP) is 4.70. The summed E-state index contributed by atoms with van der Waals surface area (Å²) in [6.07, 6.45) is 0.881. The van der Waals surface area contributed by atoms with Crippen LogP contribution in [0.15, 0.2) is 72.8 Å². The number of halogens is 2. The number of rotatable bonds is 6. The minimum atomic E-state index is -0.881. The van der Waals surface area contributed by atoms with Crippen LogP contribution < -0.4 is 10.2 Å². The lowest BCUT2D eigenvalue weighted by atomic mass is 9.54. The second-order valence-corrected chi connectivity index (χ2v) is 10.1. The lowest BCUT2D eigenvalue weighted by molar-refractivity contribution is -0.128. The molecule has 6 heteroatoms. The Balaban J connectivity index is 1.63. The molecule has 1 aliphatic carbocycles. The largest absolute Gasteiger partial charge is 0.377 e. The number of para-hydroxylation sites is 1. The fraction of sp³-hybridized carbons (Fsp3) is 0.333. The van der Waals surface area contributed by atoms with Gasteiger partial charge < -0.3 is 10.2 Å². The summed E-state index contributed by atoms with van der Waals surface area (Å²) in [4.78, 5) is 29.0. The highest BCUT2D eigenvalue weighted by Crippen LogP contribution is 2.53. The molecule has 3 unspecified atom stereocenters. The summed E-state index contributed by atoms with van der Waals surface area (Å²) >= 11 is 0. The summed E-state index contributed by atoms with van der Waals surface area (Å²) in [5.41, 5.74) is 2.33. The van der Waals surface area contributed by atoms with Gasteiger partial charge in [-0.15, -0.1) is 0 Å². The monoisotopic (exact) mass is 488 g/mol. The number of benzene rings is 3. The zero-order valence-electron chi connectivity index (χ0n) is 20.5. The van der Waals surface area contributed by atoms with Crippen LogP contribution in [0.25, 0.3) is 0 Å². The first-order valence-corrected chi connectivity index (χ1v) is 12.4. The van der Waals surface area contributed by atoms with E-state index in [2.05, 4.69) is 5.32 Å². The van der Waals surface area contributed by atoms with Crippen LogP contribution in [0.5, 0.6) is 0 Å². The van der Waals surface area contributed by atoms with Crippen LogP contribution in [-0.4, -0.2) is 38.2 Å². The SMILES string of the molecule is CN(C)c1ccccc1CC(=O)C1NCC2C(=O)CCC(c3cccc(F)c3)(c3cccc(F)c3)C21. The number of fused-ring (bicyclic) bond motifs is 1. The van der Waals surface area contributed by atoms with Crippen molar-refractivity contribution < 1.29 is 18.4 Å². The molecular weight excluding hydrogens is 458 g/mol. The Morgan fingerprint density at radius 1 is 0.972 bits per heavy atom. The van der Waals surface area contributed by atoms with E-state index in [-0.39, 0.29) is 18.0 Å². The molecule has 186 valence electrons. The third-order valence-electron chi connectivity index (χ3n) is 7.96. The summed E-state index contributed by atoms with van der Waals surface area (Å²) in [6, 6.07) is 19.8. The van der Waals surface area contributed by atoms with Crippen LogP contribution in [0.4, 0.5) is 14.5 Å². The topological polar surface area (TPSA) is 49.4 Å². The van der Waals surface area contributed by atoms with Crippen molar-refractivity contribution in [2.75, 3.05) is 25.5 Å². The van der Waals surface area contributed by atoms with E-state index in [0.29, 0.717) is 30.5 Å². The number of carbonyl (C=O) groups is 2. The van der Waals surface area contributed by atoms with Crippen LogP contribution in [-0.2, 0) is 21.4 Å². The molecule has 4 nitrogen and oxygen atoms in total. The van der Waals surface area contributed by atoms with E-state index in [1.807, 2.05) is 55.4 Å². The molecule has 0 bridgehead atoms. The quantitative estimate of drug-likeness (QED) is 0.547. The molecule has 0 aromatic heterocycles. The average molecular weight is 489 g/mol. The lowest BCUT2D eigenvalue weighted by Crippen LogP contribution is -2.52. The molecule has 36 heavy (non-hydrogen) atoms. The zero-order chi connectivity index (χ0) is 25.4. The highest BCUT2D eigenvalue weighted by atomic mass is 19.1. The van der Waals surface area contributed by atoms with Gasteiger partial charge in [0.05, 0.1) is 6.04 Å². The number of hydrogen-bond acceptors (Lipinski definition) is 4. The van der Waals surface area contributed by atoms with Crippen molar-refractivity contribution in [3.8, 4) is 0 Å². The number of Topliss-reactive ketones (excluding diaryl/α,β-unsaturated/α-hetero) is 2. The number of carbonyl (C=O) groups excluding carboxylic acids is 2. The molecule has 3 aromatic rings. The van der Waals surface area contributed by atoms with Gasteiger partial charge in [-0.3, -0.25) is 9.59 Å². The highest BCUT2D eigenvalue weighted by Gasteiger charge is 2.58. The second kappa shape index (κ2) is 9.58. The van der Waals surface area contributed by atoms with E-state index < -0.39 is 34.9 Å². The Hall–Kier alpha value is -3.38. The van der Waals surface area contributed by atoms with Crippen molar-refractivity contribution in [2.24, 2.45) is 11.8 Å². The smallest absolute Gasteiger partial charge is 0.154 e. The fourth-order valence-corrected chi connectivity index (χ4v) is 6.44. The van der Waals surface area contributed by atoms with Crippen LogP contribution in [0.2, 0.25) is 0 Å². The van der Waals surface area contributed by atoms with Gasteiger partial charge in [0, 0.05) is 56.4 Å². The van der Waals surface area contributed by atoms with Crippen molar-refractivity contribution in [3.05, 3.63) is 101 Å². The van der Waals surface area contributed by atoms with Crippen molar-refractivity contribution >= 4 is 17.3 Å². The van der Waals surface area contributed by atoms with Gasteiger partial charge in [-0.1, -0.05) is 42.5 Å². The van der Waals surface area contributed by atoms with Crippen molar-refractivity contribution in [2.45, 2.75) is 30.7 Å². The summed E-state index contributed by atoms with van der Waals surface area (Å²) in [5, 5.41) is 3.35. The average Bonchev–Trinajstić information content (AvgIpc) is 3.32. The van der Waals surface area contributed by atoms with Gasteiger partial charge >= 0.3 is 0 Å². The molecule has 2 fully saturated rings. The Labute approximate surface area is 210 Å². The van der Waals surface area contributed by atoms with Crippen molar-refractivity contribution in [1.82, 2.24) is 5.32 Å². The molecule has 5 rings (SSSR count). The van der Waals surface area contributed by atoms with Gasteiger partial charge in [-0.05, 0) is 53.4 Å². The molecule has 0 radical (unpaired) electrons. The Kier molecular flexibility index (Phi) is 6.47. The summed E-state index contributed by atoms with van der Waals surface area (Å²) in [7, 11) is 3.87. The van der Waals surface area contributed by atoms with E-state index in [9.17, 15) is 18.4 Å². The molecule has 1 saturated carbocycles. The molecule has 1 saturated heterocycles. The normalized spacial score (nSPS) is 22.8. The van der Waals surface area contributed by atoms with E-state index >= 15 is 0 Å². The van der Waals surface area contributed by atoms with Gasteiger partial charge in [0.25, 0.3) is 0 Å². The summed E-state index contributed by atoms with van der Waals surface area (Å²) < 4.78 is 29.1. The standard InChI is InChI=1S/C30H30F2N2O2/c1-34(2)25-12-4-3-7-19(25)15-27(36)29-28-24(18-33-29)26(35)13-14-30(28,20-8-5-10-22(31)16-20)21-9-6-11-23(32)17-21/h3-12,16-17,24,28-29,33H,13-15,18H2,1-2H3. The molecular formula is C30H30F2N2O2. The Morgan fingerprint density at radius 3 is 2.22 bits per heavy atom. The molecule has 1 N–H and O–H groups in total. The van der Waals surface area contributed by atoms with Gasteiger partial charge in [0.2, 0.25) is 0 Å². The first-order chi connectivity index (χ1) is 17.3. The maximum Gasteiger partial charge on any atom is 0.154 e. The minimum Gasteiger partial charge on any atom is -0.377 e. The molecule has 0 amide bonds. The molecule has 1 heterocycles. The van der Waals surface area contributed by atoms with Crippen LogP contribution >= 0.6 is 0 Å². The first kappa shape index (κ1) is 24.3. The van der Waals surface area contributed by atoms with Crippen molar-refractivity contribution in [1.29, 1.82) is 0 Å². The maximum absolute atomic E-state index is 14.5. The predicted molar refractivity (Wildman–Crippen MR) is 136 cm³/mol. The number of hydrogen-bond donors (Lipinski definition) is 1. The van der Waals surface area contributed by atoms with Gasteiger partial charge in [-0.2, -0.15) is 0 Å². The van der Waals surface area contributed by atoms with Gasteiger partial charge in [-0.25, -0.2) is 8.78 Å². The van der Waals surface area contributed by atoms with E-state index in [1.54, 1.807) is 12.1 Å². The third-order valence-corrected chi connectivity index (χ3v) is 7.96. The Bertz CT molecular complexity index is 1260. The molecule has 2 aliphatic rings. The van der Waals surface area contributed by atoms with Crippen LogP contribution in [0.1, 0.15) is 29.5 Å². The van der Waals surface area contributed by atoms with E-state index in [4.69, 9.17) is 0 Å². The zero-order valence-corrected chi connectivity index (χ0v) is 20.5. The first-order valence-electron chi connectivity index (χ1n) is 12.4. The van der Waals surface area contributed by atoms with E-state index in [1.165, 1.54) is 24.3 Å². The van der Waals surface area contributed by atoms with Crippen LogP contribution in [0.3, 0.4) is 0 Å². The number of anilines is 1. The van der Waals surface area contributed by atoms with Crippen LogP contribution in [0, 0.1) is 23.5 Å². The lowest BCUT2D eigenvalue weighted by Gasteiger charge is -2.47. The van der Waals surface area contributed by atoms with Gasteiger partial charge in [0.1, 0.15) is 17.4 Å². The van der Waals surface area contributed by atoms with E-state index in [0.717, 1.165) is 11.3 Å². The minimum absolute atomic E-state index is 0.0244. The molecule has 0 spiro atoms. The summed E-state index contributed by atoms with van der Waals surface area (Å²) in [5.74, 6) is -1.59. The number of nitrogens with zero attached hydrogens (tertiary/aromatic N) is 1. The highest BCUT2D eigenvalue weighted by molar-refractivity contribution is 5.92. The second-order valence-electron chi connectivity index (χ2n) is 10.1. The van der Waals surface area contributed by atoms with Gasteiger partial charge in [0.15, 0.2) is 5.78 Å².